The molecule has 0 radical (unpaired) electrons. The number of aliphatic carboxylic acids is 1. The van der Waals surface area contributed by atoms with Gasteiger partial charge in [0.2, 0.25) is 5.76 Å². The Morgan fingerprint density at radius 1 is 1.53 bits per heavy atom. The lowest BCUT2D eigenvalue weighted by atomic mass is 9.86. The second-order valence-electron chi connectivity index (χ2n) is 4.26. The van der Waals surface area contributed by atoms with Crippen molar-refractivity contribution in [1.82, 2.24) is 0 Å². The van der Waals surface area contributed by atoms with Crippen LogP contribution in [0.5, 0.6) is 0 Å². The van der Waals surface area contributed by atoms with E-state index in [1.807, 2.05) is 0 Å². The summed E-state index contributed by atoms with van der Waals surface area (Å²) in [5.74, 6) is -1.76. The van der Waals surface area contributed by atoms with Crippen LogP contribution in [0, 0.1) is 5.92 Å². The molecule has 0 fully saturated rings. The Balaban J connectivity index is 2.16. The third-order valence-electron chi connectivity index (χ3n) is 2.94. The molecule has 0 amide bonds. The van der Waals surface area contributed by atoms with Crippen molar-refractivity contribution in [3.8, 4) is 0 Å². The molecule has 1 aliphatic rings. The van der Waals surface area contributed by atoms with Gasteiger partial charge in [-0.05, 0) is 30.4 Å². The van der Waals surface area contributed by atoms with Gasteiger partial charge in [0.15, 0.2) is 0 Å². The highest BCUT2D eigenvalue weighted by Crippen LogP contribution is 2.36. The minimum absolute atomic E-state index is 0.0263. The fourth-order valence-electron chi connectivity index (χ4n) is 2.14. The van der Waals surface area contributed by atoms with Gasteiger partial charge in [-0.25, -0.2) is 0 Å². The van der Waals surface area contributed by atoms with Crippen LogP contribution in [0.25, 0.3) is 0 Å². The molecule has 1 aliphatic carbocycles. The number of carbonyl (C=O) groups is 1. The Morgan fingerprint density at radius 2 is 2.24 bits per heavy atom. The summed E-state index contributed by atoms with van der Waals surface area (Å²) in [6, 6.07) is 1.02. The van der Waals surface area contributed by atoms with Crippen LogP contribution in [0.1, 0.15) is 29.9 Å². The summed E-state index contributed by atoms with van der Waals surface area (Å²) in [7, 11) is 0. The first-order valence-electron chi connectivity index (χ1n) is 5.27. The Morgan fingerprint density at radius 3 is 2.82 bits per heavy atom. The Labute approximate surface area is 95.2 Å². The van der Waals surface area contributed by atoms with E-state index in [9.17, 15) is 18.0 Å². The van der Waals surface area contributed by atoms with Gasteiger partial charge in [-0.3, -0.25) is 4.79 Å². The number of hydrogen-bond donors (Lipinski definition) is 1. The number of fused-ring (bicyclic) bond motifs is 1. The van der Waals surface area contributed by atoms with Gasteiger partial charge in [0.05, 0.1) is 0 Å². The normalized spacial score (nSPS) is 20.1. The second-order valence-corrected chi connectivity index (χ2v) is 4.26. The van der Waals surface area contributed by atoms with Gasteiger partial charge in [-0.15, -0.1) is 0 Å². The monoisotopic (exact) mass is 248 g/mol. The van der Waals surface area contributed by atoms with Crippen molar-refractivity contribution in [3.63, 3.8) is 0 Å². The first kappa shape index (κ1) is 12.0. The van der Waals surface area contributed by atoms with Gasteiger partial charge >= 0.3 is 12.1 Å². The number of carboxylic acid groups (broad SMARTS) is 1. The third-order valence-corrected chi connectivity index (χ3v) is 2.94. The van der Waals surface area contributed by atoms with E-state index in [1.54, 1.807) is 0 Å². The molecule has 1 unspecified atom stereocenters. The third kappa shape index (κ3) is 2.62. The summed E-state index contributed by atoms with van der Waals surface area (Å²) >= 11 is 0. The summed E-state index contributed by atoms with van der Waals surface area (Å²) in [5.41, 5.74) is 0.555. The topological polar surface area (TPSA) is 50.4 Å². The van der Waals surface area contributed by atoms with Gasteiger partial charge < -0.3 is 9.52 Å². The number of furan rings is 1. The van der Waals surface area contributed by atoms with Gasteiger partial charge in [-0.1, -0.05) is 0 Å². The number of halogens is 3. The predicted molar refractivity (Wildman–Crippen MR) is 51.5 cm³/mol. The van der Waals surface area contributed by atoms with E-state index in [0.29, 0.717) is 18.4 Å². The van der Waals surface area contributed by atoms with Gasteiger partial charge in [0.25, 0.3) is 0 Å². The standard InChI is InChI=1S/C11H11F3O3/c12-11(13,14)9-5-7-2-1-6(4-10(15)16)3-8(7)17-9/h5-6H,1-4H2,(H,15,16). The van der Waals surface area contributed by atoms with Crippen LogP contribution >= 0.6 is 0 Å². The van der Waals surface area contributed by atoms with Crippen LogP contribution in [0.15, 0.2) is 10.5 Å². The molecule has 0 spiro atoms. The van der Waals surface area contributed by atoms with E-state index < -0.39 is 17.9 Å². The van der Waals surface area contributed by atoms with Crippen molar-refractivity contribution in [2.45, 2.75) is 31.9 Å². The zero-order valence-corrected chi connectivity index (χ0v) is 8.88. The number of aryl methyl sites for hydroxylation is 1. The van der Waals surface area contributed by atoms with E-state index in [-0.39, 0.29) is 24.5 Å². The summed E-state index contributed by atoms with van der Waals surface area (Å²) in [6.07, 6.45) is -3.18. The van der Waals surface area contributed by atoms with E-state index in [2.05, 4.69) is 0 Å². The van der Waals surface area contributed by atoms with Crippen molar-refractivity contribution in [2.24, 2.45) is 5.92 Å². The van der Waals surface area contributed by atoms with Crippen LogP contribution in [0.3, 0.4) is 0 Å². The molecule has 1 aromatic heterocycles. The Hall–Kier alpha value is -1.46. The smallest absolute Gasteiger partial charge is 0.449 e. The molecule has 1 aromatic rings. The molecule has 94 valence electrons. The van der Waals surface area contributed by atoms with Gasteiger partial charge in [0.1, 0.15) is 5.76 Å². The lowest BCUT2D eigenvalue weighted by Crippen LogP contribution is -2.16. The quantitative estimate of drug-likeness (QED) is 0.875. The Bertz CT molecular complexity index is 434. The highest BCUT2D eigenvalue weighted by molar-refractivity contribution is 5.67. The summed E-state index contributed by atoms with van der Waals surface area (Å²) in [5, 5.41) is 8.64. The van der Waals surface area contributed by atoms with Crippen molar-refractivity contribution >= 4 is 5.97 Å². The molecule has 0 saturated carbocycles. The van der Waals surface area contributed by atoms with E-state index in [0.717, 1.165) is 6.07 Å². The average molecular weight is 248 g/mol. The van der Waals surface area contributed by atoms with Crippen LogP contribution in [0.4, 0.5) is 13.2 Å². The molecule has 1 atom stereocenters. The SMILES string of the molecule is O=C(O)CC1CCc2cc(C(F)(F)F)oc2C1. The summed E-state index contributed by atoms with van der Waals surface area (Å²) in [4.78, 5) is 10.5. The molecule has 1 heterocycles. The van der Waals surface area contributed by atoms with Gasteiger partial charge in [0, 0.05) is 12.8 Å². The molecule has 3 nitrogen and oxygen atoms in total. The molecule has 1 N–H and O–H groups in total. The van der Waals surface area contributed by atoms with E-state index >= 15 is 0 Å². The summed E-state index contributed by atoms with van der Waals surface area (Å²) in [6.45, 7) is 0. The predicted octanol–water partition coefficient (Wildman–Crippen LogP) is 2.88. The lowest BCUT2D eigenvalue weighted by molar-refractivity contribution is -0.153. The average Bonchev–Trinajstić information content (AvgIpc) is 2.58. The second kappa shape index (κ2) is 4.09. The molecule has 2 rings (SSSR count). The van der Waals surface area contributed by atoms with Crippen LogP contribution < -0.4 is 0 Å². The molecule has 0 bridgehead atoms. The van der Waals surface area contributed by atoms with E-state index in [1.165, 1.54) is 0 Å². The molecular formula is C11H11F3O3. The largest absolute Gasteiger partial charge is 0.481 e. The maximum atomic E-state index is 12.4. The fraction of sp³-hybridized carbons (Fsp3) is 0.545. The van der Waals surface area contributed by atoms with Gasteiger partial charge in [-0.2, -0.15) is 13.2 Å². The number of rotatable bonds is 2. The first-order chi connectivity index (χ1) is 7.86. The number of carboxylic acids is 1. The maximum absolute atomic E-state index is 12.4. The summed E-state index contributed by atoms with van der Waals surface area (Å²) < 4.78 is 41.9. The molecular weight excluding hydrogens is 237 g/mol. The maximum Gasteiger partial charge on any atom is 0.449 e. The fourth-order valence-corrected chi connectivity index (χ4v) is 2.14. The van der Waals surface area contributed by atoms with Crippen molar-refractivity contribution < 1.29 is 27.5 Å². The highest BCUT2D eigenvalue weighted by atomic mass is 19.4. The van der Waals surface area contributed by atoms with Crippen LogP contribution in [-0.4, -0.2) is 11.1 Å². The molecule has 6 heteroatoms. The minimum atomic E-state index is -4.47. The van der Waals surface area contributed by atoms with E-state index in [4.69, 9.17) is 9.52 Å². The zero-order chi connectivity index (χ0) is 12.6. The number of alkyl halides is 3. The van der Waals surface area contributed by atoms with Crippen molar-refractivity contribution in [3.05, 3.63) is 23.2 Å². The lowest BCUT2D eigenvalue weighted by Gasteiger charge is -2.18. The molecule has 17 heavy (non-hydrogen) atoms. The first-order valence-corrected chi connectivity index (χ1v) is 5.27. The number of hydrogen-bond acceptors (Lipinski definition) is 2. The molecule has 0 aromatic carbocycles. The van der Waals surface area contributed by atoms with Crippen molar-refractivity contribution in [2.75, 3.05) is 0 Å². The minimum Gasteiger partial charge on any atom is -0.481 e. The highest BCUT2D eigenvalue weighted by Gasteiger charge is 2.37. The van der Waals surface area contributed by atoms with Crippen LogP contribution in [0.2, 0.25) is 0 Å². The zero-order valence-electron chi connectivity index (χ0n) is 8.88. The molecule has 0 saturated heterocycles. The van der Waals surface area contributed by atoms with Crippen molar-refractivity contribution in [1.29, 1.82) is 0 Å². The van der Waals surface area contributed by atoms with Crippen LogP contribution in [-0.2, 0) is 23.8 Å². The Kier molecular flexibility index (Phi) is 2.89. The molecule has 0 aliphatic heterocycles.